The van der Waals surface area contributed by atoms with Crippen LogP contribution in [0.4, 0.5) is 0 Å². The van der Waals surface area contributed by atoms with Crippen LogP contribution in [0.2, 0.25) is 0 Å². The molecule has 1 N–H and O–H groups in total. The van der Waals surface area contributed by atoms with Crippen LogP contribution in [0.3, 0.4) is 0 Å². The van der Waals surface area contributed by atoms with Crippen LogP contribution in [0.15, 0.2) is 21.4 Å². The van der Waals surface area contributed by atoms with Crippen molar-refractivity contribution < 1.29 is 0 Å². The fourth-order valence-corrected chi connectivity index (χ4v) is 1.31. The van der Waals surface area contributed by atoms with E-state index in [0.29, 0.717) is 0 Å². The van der Waals surface area contributed by atoms with E-state index in [-0.39, 0.29) is 0 Å². The van der Waals surface area contributed by atoms with E-state index >= 15 is 0 Å². The van der Waals surface area contributed by atoms with Crippen molar-refractivity contribution in [3.63, 3.8) is 0 Å². The molecule has 0 aromatic rings. The van der Waals surface area contributed by atoms with Crippen molar-refractivity contribution >= 4 is 22.6 Å². The van der Waals surface area contributed by atoms with Gasteiger partial charge in [0.25, 0.3) is 0 Å². The maximum atomic E-state index is 3.19. The Morgan fingerprint density at radius 1 is 1.75 bits per heavy atom. The van der Waals surface area contributed by atoms with E-state index in [1.807, 2.05) is 0 Å². The number of dihydropyridines is 1. The molecule has 0 aliphatic carbocycles. The van der Waals surface area contributed by atoms with Crippen molar-refractivity contribution in [2.24, 2.45) is 0 Å². The van der Waals surface area contributed by atoms with Crippen molar-refractivity contribution in [1.82, 2.24) is 5.32 Å². The second-order valence-corrected chi connectivity index (χ2v) is 3.04. The van der Waals surface area contributed by atoms with Crippen molar-refractivity contribution in [2.75, 3.05) is 6.54 Å². The second kappa shape index (κ2) is 2.53. The first-order valence-corrected chi connectivity index (χ1v) is 3.65. The minimum Gasteiger partial charge on any atom is -0.385 e. The Morgan fingerprint density at radius 2 is 2.50 bits per heavy atom. The molecule has 0 spiro atoms. The monoisotopic (exact) mass is 221 g/mol. The summed E-state index contributed by atoms with van der Waals surface area (Å²) in [7, 11) is 0. The summed E-state index contributed by atoms with van der Waals surface area (Å²) >= 11 is 2.32. The predicted molar refractivity (Wildman–Crippen MR) is 43.9 cm³/mol. The molecule has 0 bridgehead atoms. The number of hydrogen-bond acceptors (Lipinski definition) is 1. The zero-order chi connectivity index (χ0) is 5.98. The van der Waals surface area contributed by atoms with E-state index < -0.39 is 0 Å². The van der Waals surface area contributed by atoms with Gasteiger partial charge in [-0.25, -0.2) is 0 Å². The minimum absolute atomic E-state index is 0.987. The molecule has 0 aromatic heterocycles. The SMILES string of the molecule is CC1=CC(I)=CCN1. The summed E-state index contributed by atoms with van der Waals surface area (Å²) < 4.78 is 1.33. The van der Waals surface area contributed by atoms with E-state index in [0.717, 1.165) is 6.54 Å². The quantitative estimate of drug-likeness (QED) is 0.615. The van der Waals surface area contributed by atoms with Crippen molar-refractivity contribution in [3.05, 3.63) is 21.4 Å². The normalized spacial score (nSPS) is 18.8. The fraction of sp³-hybridized carbons (Fsp3) is 0.333. The molecule has 1 nitrogen and oxygen atoms in total. The third kappa shape index (κ3) is 1.51. The van der Waals surface area contributed by atoms with E-state index in [4.69, 9.17) is 0 Å². The highest BCUT2D eigenvalue weighted by Gasteiger charge is 1.93. The fourth-order valence-electron chi connectivity index (χ4n) is 0.626. The Balaban J connectivity index is 2.69. The molecule has 0 atom stereocenters. The van der Waals surface area contributed by atoms with Gasteiger partial charge in [-0.05, 0) is 35.6 Å². The lowest BCUT2D eigenvalue weighted by molar-refractivity contribution is 0.890. The maximum Gasteiger partial charge on any atom is 0.0340 e. The lowest BCUT2D eigenvalue weighted by atomic mass is 10.3. The van der Waals surface area contributed by atoms with Gasteiger partial charge < -0.3 is 5.32 Å². The molecule has 0 unspecified atom stereocenters. The Bertz CT molecular complexity index is 147. The molecule has 1 heterocycles. The highest BCUT2D eigenvalue weighted by Crippen LogP contribution is 2.11. The molecule has 0 saturated heterocycles. The van der Waals surface area contributed by atoms with E-state index in [2.05, 4.69) is 47.0 Å². The van der Waals surface area contributed by atoms with Crippen LogP contribution < -0.4 is 5.32 Å². The highest BCUT2D eigenvalue weighted by atomic mass is 127. The number of hydrogen-bond donors (Lipinski definition) is 1. The van der Waals surface area contributed by atoms with Gasteiger partial charge in [0.15, 0.2) is 0 Å². The maximum absolute atomic E-state index is 3.19. The molecule has 2 heteroatoms. The number of allylic oxidation sites excluding steroid dienone is 3. The van der Waals surface area contributed by atoms with Crippen molar-refractivity contribution in [2.45, 2.75) is 6.92 Å². The zero-order valence-electron chi connectivity index (χ0n) is 4.74. The van der Waals surface area contributed by atoms with Crippen LogP contribution in [0.1, 0.15) is 6.92 Å². The van der Waals surface area contributed by atoms with Gasteiger partial charge in [0, 0.05) is 15.8 Å². The Hall–Kier alpha value is 0.01000. The second-order valence-electron chi connectivity index (χ2n) is 1.80. The summed E-state index contributed by atoms with van der Waals surface area (Å²) in [5.41, 5.74) is 1.26. The number of halogens is 1. The van der Waals surface area contributed by atoms with Gasteiger partial charge >= 0.3 is 0 Å². The Kier molecular flexibility index (Phi) is 1.94. The lowest BCUT2D eigenvalue weighted by Gasteiger charge is -2.07. The van der Waals surface area contributed by atoms with E-state index in [9.17, 15) is 0 Å². The van der Waals surface area contributed by atoms with Gasteiger partial charge in [-0.1, -0.05) is 6.08 Å². The number of nitrogens with one attached hydrogen (secondary N) is 1. The summed E-state index contributed by atoms with van der Waals surface area (Å²) in [4.78, 5) is 0. The lowest BCUT2D eigenvalue weighted by Crippen LogP contribution is -2.13. The van der Waals surface area contributed by atoms with Crippen LogP contribution >= 0.6 is 22.6 Å². The Labute approximate surface area is 63.0 Å². The van der Waals surface area contributed by atoms with Crippen LogP contribution in [0.25, 0.3) is 0 Å². The van der Waals surface area contributed by atoms with E-state index in [1.165, 1.54) is 9.28 Å². The van der Waals surface area contributed by atoms with Gasteiger partial charge in [0.05, 0.1) is 0 Å². The molecular weight excluding hydrogens is 213 g/mol. The van der Waals surface area contributed by atoms with Crippen molar-refractivity contribution in [3.8, 4) is 0 Å². The first kappa shape index (κ1) is 6.13. The van der Waals surface area contributed by atoms with Crippen LogP contribution in [-0.4, -0.2) is 6.54 Å². The van der Waals surface area contributed by atoms with Gasteiger partial charge in [0.1, 0.15) is 0 Å². The molecule has 1 aliphatic rings. The van der Waals surface area contributed by atoms with Crippen LogP contribution in [-0.2, 0) is 0 Å². The third-order valence-electron chi connectivity index (χ3n) is 1.03. The molecule has 0 aromatic carbocycles. The zero-order valence-corrected chi connectivity index (χ0v) is 6.90. The van der Waals surface area contributed by atoms with Crippen molar-refractivity contribution in [1.29, 1.82) is 0 Å². The first-order chi connectivity index (χ1) is 3.79. The van der Waals surface area contributed by atoms with E-state index in [1.54, 1.807) is 0 Å². The summed E-state index contributed by atoms with van der Waals surface area (Å²) in [6.45, 7) is 3.06. The molecule has 0 fully saturated rings. The first-order valence-electron chi connectivity index (χ1n) is 2.57. The average molecular weight is 221 g/mol. The topological polar surface area (TPSA) is 12.0 Å². The standard InChI is InChI=1S/C6H8IN/c1-5-4-6(7)2-3-8-5/h2,4,8H,3H2,1H3. The summed E-state index contributed by atoms with van der Waals surface area (Å²) in [6, 6.07) is 0. The molecule has 0 saturated carbocycles. The molecule has 44 valence electrons. The smallest absolute Gasteiger partial charge is 0.0340 e. The summed E-state index contributed by atoms with van der Waals surface area (Å²) in [5, 5.41) is 3.19. The van der Waals surface area contributed by atoms with Gasteiger partial charge in [-0.2, -0.15) is 0 Å². The van der Waals surface area contributed by atoms with Gasteiger partial charge in [-0.15, -0.1) is 0 Å². The van der Waals surface area contributed by atoms with Gasteiger partial charge in [0.2, 0.25) is 0 Å². The average Bonchev–Trinajstić information content (AvgIpc) is 1.64. The highest BCUT2D eigenvalue weighted by molar-refractivity contribution is 14.1. The summed E-state index contributed by atoms with van der Waals surface area (Å²) in [5.74, 6) is 0. The molecule has 0 amide bonds. The number of rotatable bonds is 0. The van der Waals surface area contributed by atoms with Gasteiger partial charge in [-0.3, -0.25) is 0 Å². The predicted octanol–water partition coefficient (Wildman–Crippen LogP) is 1.81. The summed E-state index contributed by atoms with van der Waals surface area (Å²) in [6.07, 6.45) is 4.29. The largest absolute Gasteiger partial charge is 0.385 e. The molecule has 1 aliphatic heterocycles. The van der Waals surface area contributed by atoms with Crippen LogP contribution in [0.5, 0.6) is 0 Å². The molecule has 0 radical (unpaired) electrons. The molecule has 1 rings (SSSR count). The Morgan fingerprint density at radius 3 is 2.88 bits per heavy atom. The van der Waals surface area contributed by atoms with Crippen LogP contribution in [0, 0.1) is 0 Å². The minimum atomic E-state index is 0.987. The third-order valence-corrected chi connectivity index (χ3v) is 1.78. The molecule has 8 heavy (non-hydrogen) atoms. The molecular formula is C6H8IN.